The van der Waals surface area contributed by atoms with Gasteiger partial charge < -0.3 is 12.9 Å². The minimum absolute atomic E-state index is 0. The molecule has 13 heavy (non-hydrogen) atoms. The van der Waals surface area contributed by atoms with Crippen LogP contribution in [0, 0.1) is 0 Å². The summed E-state index contributed by atoms with van der Waals surface area (Å²) in [6, 6.07) is 3.77. The van der Waals surface area contributed by atoms with E-state index in [9.17, 15) is 8.42 Å². The Morgan fingerprint density at radius 1 is 1.31 bits per heavy atom. The van der Waals surface area contributed by atoms with E-state index in [1.807, 2.05) is 0 Å². The van der Waals surface area contributed by atoms with E-state index in [1.54, 1.807) is 0 Å². The van der Waals surface area contributed by atoms with Crippen molar-refractivity contribution < 1.29 is 65.8 Å². The average molecular weight is 228 g/mol. The molecule has 0 saturated heterocycles. The largest absolute Gasteiger partial charge is 1.00 e. The van der Waals surface area contributed by atoms with Crippen molar-refractivity contribution in [1.82, 2.24) is 0 Å². The molecule has 5 nitrogen and oxygen atoms in total. The van der Waals surface area contributed by atoms with Gasteiger partial charge in [-0.1, -0.05) is 0 Å². The summed E-state index contributed by atoms with van der Waals surface area (Å²) in [6.07, 6.45) is 0. The van der Waals surface area contributed by atoms with Crippen molar-refractivity contribution in [1.29, 1.82) is 0 Å². The van der Waals surface area contributed by atoms with Gasteiger partial charge in [-0.05, 0) is 18.2 Å². The molecule has 0 spiro atoms. The maximum absolute atomic E-state index is 10.6. The summed E-state index contributed by atoms with van der Waals surface area (Å²) in [5, 5.41) is 0. The van der Waals surface area contributed by atoms with Crippen LogP contribution in [0.5, 0.6) is 0 Å². The Balaban J connectivity index is 0. The van der Waals surface area contributed by atoms with Crippen LogP contribution in [0.3, 0.4) is 0 Å². The van der Waals surface area contributed by atoms with Crippen LogP contribution in [-0.2, 0) is 10.1 Å². The van der Waals surface area contributed by atoms with Gasteiger partial charge in [0.1, 0.15) is 4.90 Å². The predicted octanol–water partition coefficient (Wildman–Crippen LogP) is -2.79. The van der Waals surface area contributed by atoms with E-state index in [-0.39, 0.29) is 63.4 Å². The fourth-order valence-corrected chi connectivity index (χ4v) is 1.40. The summed E-state index contributed by atoms with van der Waals surface area (Å²) in [5.74, 6) is 0. The van der Waals surface area contributed by atoms with E-state index in [4.69, 9.17) is 16.0 Å². The number of hydrogen-bond acceptors (Lipinski definition) is 4. The van der Waals surface area contributed by atoms with Crippen molar-refractivity contribution in [3.8, 4) is 0 Å². The van der Waals surface area contributed by atoms with Gasteiger partial charge in [-0.3, -0.25) is 4.55 Å². The molecule has 0 unspecified atom stereocenters. The van der Waals surface area contributed by atoms with E-state index in [1.165, 1.54) is 12.1 Å². The number of benzene rings is 1. The van der Waals surface area contributed by atoms with Gasteiger partial charge in [0.15, 0.2) is 0 Å². The van der Waals surface area contributed by atoms with E-state index >= 15 is 0 Å². The molecule has 0 bridgehead atoms. The fourth-order valence-electron chi connectivity index (χ4n) is 0.802. The van der Waals surface area contributed by atoms with Crippen molar-refractivity contribution in [2.75, 3.05) is 11.5 Å². The molecule has 0 aliphatic rings. The van der Waals surface area contributed by atoms with Crippen LogP contribution in [0.15, 0.2) is 23.1 Å². The molecule has 0 atom stereocenters. The molecule has 7 heteroatoms. The quantitative estimate of drug-likeness (QED) is 0.274. The predicted molar refractivity (Wildman–Crippen MR) is 46.2 cm³/mol. The molecule has 0 saturated carbocycles. The molecule has 1 rings (SSSR count). The second-order valence-electron chi connectivity index (χ2n) is 2.27. The van der Waals surface area contributed by atoms with Crippen LogP contribution < -0.4 is 62.9 Å². The molecular formula is C6H9KN2O3S. The standard InChI is InChI=1S/C6H8N2O3S.K.H/c7-4-1-2-6(5(8)3-4)12(9,10)11;;/h1-3H,7-8H2,(H,9,10,11);;/q;+1;-1. The van der Waals surface area contributed by atoms with Gasteiger partial charge in [0, 0.05) is 5.69 Å². The molecule has 1 aromatic rings. The second-order valence-corrected chi connectivity index (χ2v) is 3.66. The summed E-state index contributed by atoms with van der Waals surface area (Å²) in [7, 11) is -4.23. The number of anilines is 2. The Morgan fingerprint density at radius 2 is 1.85 bits per heavy atom. The monoisotopic (exact) mass is 228 g/mol. The first kappa shape index (κ1) is 13.4. The Bertz CT molecular complexity index is 410. The van der Waals surface area contributed by atoms with Crippen molar-refractivity contribution >= 4 is 21.5 Å². The van der Waals surface area contributed by atoms with Crippen LogP contribution >= 0.6 is 0 Å². The smallest absolute Gasteiger partial charge is 1.00 e. The first-order valence-corrected chi connectivity index (χ1v) is 4.48. The molecule has 0 heterocycles. The van der Waals surface area contributed by atoms with Gasteiger partial charge in [0.05, 0.1) is 5.69 Å². The first-order valence-electron chi connectivity index (χ1n) is 3.04. The third-order valence-corrected chi connectivity index (χ3v) is 2.24. The Morgan fingerprint density at radius 3 is 2.23 bits per heavy atom. The molecule has 5 N–H and O–H groups in total. The van der Waals surface area contributed by atoms with Crippen LogP contribution in [0.2, 0.25) is 0 Å². The zero-order valence-electron chi connectivity index (χ0n) is 8.06. The van der Waals surface area contributed by atoms with Crippen LogP contribution in [0.4, 0.5) is 11.4 Å². The normalized spacial score (nSPS) is 10.5. The third-order valence-electron chi connectivity index (χ3n) is 1.31. The minimum Gasteiger partial charge on any atom is -1.00 e. The van der Waals surface area contributed by atoms with E-state index in [0.717, 1.165) is 6.07 Å². The molecule has 0 fully saturated rings. The number of rotatable bonds is 1. The van der Waals surface area contributed by atoms with Crippen LogP contribution in [-0.4, -0.2) is 13.0 Å². The molecule has 0 aliphatic carbocycles. The zero-order chi connectivity index (χ0) is 9.35. The SMILES string of the molecule is Nc1ccc(S(=O)(=O)O)c(N)c1.[H-].[K+]. The fraction of sp³-hybridized carbons (Fsp3) is 0. The van der Waals surface area contributed by atoms with Gasteiger partial charge in [-0.15, -0.1) is 0 Å². The summed E-state index contributed by atoms with van der Waals surface area (Å²) in [6.45, 7) is 0. The van der Waals surface area contributed by atoms with E-state index < -0.39 is 10.1 Å². The third kappa shape index (κ3) is 3.54. The Hall–Kier alpha value is 0.366. The number of nitrogens with two attached hydrogens (primary N) is 2. The molecule has 0 aliphatic heterocycles. The number of nitrogen functional groups attached to an aromatic ring is 2. The Kier molecular flexibility index (Phi) is 4.87. The van der Waals surface area contributed by atoms with Gasteiger partial charge >= 0.3 is 51.4 Å². The van der Waals surface area contributed by atoms with Gasteiger partial charge in [0.2, 0.25) is 0 Å². The zero-order valence-corrected chi connectivity index (χ0v) is 11.0. The summed E-state index contributed by atoms with van der Waals surface area (Å²) in [4.78, 5) is -0.322. The summed E-state index contributed by atoms with van der Waals surface area (Å²) in [5.41, 5.74) is 10.9. The van der Waals surface area contributed by atoms with Crippen molar-refractivity contribution in [2.24, 2.45) is 0 Å². The molecule has 0 radical (unpaired) electrons. The maximum Gasteiger partial charge on any atom is 1.00 e. The topological polar surface area (TPSA) is 106 Å². The van der Waals surface area contributed by atoms with E-state index in [0.29, 0.717) is 5.69 Å². The van der Waals surface area contributed by atoms with Crippen LogP contribution in [0.25, 0.3) is 0 Å². The van der Waals surface area contributed by atoms with Crippen LogP contribution in [0.1, 0.15) is 1.43 Å². The minimum atomic E-state index is -4.23. The number of hydrogen-bond donors (Lipinski definition) is 3. The van der Waals surface area contributed by atoms with Crippen molar-refractivity contribution in [3.63, 3.8) is 0 Å². The van der Waals surface area contributed by atoms with Gasteiger partial charge in [-0.25, -0.2) is 0 Å². The van der Waals surface area contributed by atoms with Gasteiger partial charge in [-0.2, -0.15) is 8.42 Å². The van der Waals surface area contributed by atoms with Gasteiger partial charge in [0.25, 0.3) is 10.1 Å². The molecule has 1 aromatic carbocycles. The summed E-state index contributed by atoms with van der Waals surface area (Å²) < 4.78 is 29.8. The van der Waals surface area contributed by atoms with E-state index in [2.05, 4.69) is 0 Å². The average Bonchev–Trinajstić information content (AvgIpc) is 1.83. The molecule has 0 amide bonds. The second kappa shape index (κ2) is 4.74. The first-order chi connectivity index (χ1) is 5.41. The molecular weight excluding hydrogens is 219 g/mol. The molecule has 0 aromatic heterocycles. The van der Waals surface area contributed by atoms with Crippen molar-refractivity contribution in [3.05, 3.63) is 18.2 Å². The summed E-state index contributed by atoms with van der Waals surface area (Å²) >= 11 is 0. The Labute approximate surface area is 120 Å². The maximum atomic E-state index is 10.6. The molecule has 68 valence electrons. The van der Waals surface area contributed by atoms with Crippen molar-refractivity contribution in [2.45, 2.75) is 4.90 Å².